The van der Waals surface area contributed by atoms with Crippen molar-refractivity contribution in [2.75, 3.05) is 19.6 Å². The highest BCUT2D eigenvalue weighted by Gasteiger charge is 2.24. The molecule has 0 saturated carbocycles. The van der Waals surface area contributed by atoms with Crippen LogP contribution in [0.4, 0.5) is 0 Å². The van der Waals surface area contributed by atoms with E-state index < -0.39 is 0 Å². The number of allylic oxidation sites excluding steroid dienone is 2. The van der Waals surface area contributed by atoms with Gasteiger partial charge in [-0.25, -0.2) is 0 Å². The molecule has 1 saturated heterocycles. The summed E-state index contributed by atoms with van der Waals surface area (Å²) in [6.07, 6.45) is 9.65. The summed E-state index contributed by atoms with van der Waals surface area (Å²) < 4.78 is 0. The van der Waals surface area contributed by atoms with Crippen LogP contribution in [0.25, 0.3) is 0 Å². The van der Waals surface area contributed by atoms with Crippen molar-refractivity contribution in [3.63, 3.8) is 0 Å². The van der Waals surface area contributed by atoms with Gasteiger partial charge in [0.25, 0.3) is 0 Å². The number of rotatable bonds is 6. The highest BCUT2D eigenvalue weighted by Crippen LogP contribution is 2.27. The monoisotopic (exact) mass is 332 g/mol. The molecule has 1 heterocycles. The molecule has 1 fully saturated rings. The van der Waals surface area contributed by atoms with Crippen LogP contribution in [0.3, 0.4) is 0 Å². The largest absolute Gasteiger partial charge is 0.354 e. The highest BCUT2D eigenvalue weighted by atomic mass is 35.5. The number of hydrogen-bond acceptors (Lipinski definition) is 2. The summed E-state index contributed by atoms with van der Waals surface area (Å²) in [5.41, 5.74) is 1.19. The molecule has 1 aliphatic heterocycles. The van der Waals surface area contributed by atoms with Gasteiger partial charge in [-0.05, 0) is 62.4 Å². The molecular weight excluding hydrogens is 308 g/mol. The molecular formula is C19H25ClN2O. The van der Waals surface area contributed by atoms with Gasteiger partial charge in [-0.15, -0.1) is 0 Å². The smallest absolute Gasteiger partial charge is 0.220 e. The van der Waals surface area contributed by atoms with Crippen LogP contribution in [0.5, 0.6) is 0 Å². The lowest BCUT2D eigenvalue weighted by Crippen LogP contribution is -2.37. The number of nitrogens with one attached hydrogen (secondary N) is 1. The summed E-state index contributed by atoms with van der Waals surface area (Å²) in [5, 5.41) is 3.91. The molecule has 4 heteroatoms. The number of nitrogens with zero attached hydrogens (tertiary/aromatic N) is 1. The van der Waals surface area contributed by atoms with Gasteiger partial charge in [-0.2, -0.15) is 0 Å². The number of carbonyl (C=O) groups is 1. The van der Waals surface area contributed by atoms with Gasteiger partial charge in [0.05, 0.1) is 6.04 Å². The lowest BCUT2D eigenvalue weighted by atomic mass is 10.0. The number of amides is 1. The summed E-state index contributed by atoms with van der Waals surface area (Å²) >= 11 is 6.16. The fourth-order valence-corrected chi connectivity index (χ4v) is 3.81. The van der Waals surface area contributed by atoms with Crippen molar-refractivity contribution in [1.29, 1.82) is 0 Å². The number of benzene rings is 1. The average Bonchev–Trinajstić information content (AvgIpc) is 3.21. The van der Waals surface area contributed by atoms with E-state index in [-0.39, 0.29) is 11.9 Å². The summed E-state index contributed by atoms with van der Waals surface area (Å²) in [6.45, 7) is 2.85. The Bertz CT molecular complexity index is 566. The van der Waals surface area contributed by atoms with E-state index in [2.05, 4.69) is 28.4 Å². The number of hydrogen-bond donors (Lipinski definition) is 1. The van der Waals surface area contributed by atoms with E-state index in [1.807, 2.05) is 18.2 Å². The second-order valence-corrected chi connectivity index (χ2v) is 7.02. The maximum atomic E-state index is 12.2. The Morgan fingerprint density at radius 3 is 2.87 bits per heavy atom. The molecule has 0 spiro atoms. The molecule has 1 aromatic carbocycles. The molecule has 1 N–H and O–H groups in total. The Balaban J connectivity index is 1.61. The van der Waals surface area contributed by atoms with E-state index in [4.69, 9.17) is 11.6 Å². The van der Waals surface area contributed by atoms with Crippen molar-refractivity contribution in [3.8, 4) is 0 Å². The van der Waals surface area contributed by atoms with Gasteiger partial charge in [0.15, 0.2) is 0 Å². The van der Waals surface area contributed by atoms with Crippen molar-refractivity contribution in [2.45, 2.75) is 38.1 Å². The van der Waals surface area contributed by atoms with Crippen molar-refractivity contribution in [3.05, 3.63) is 47.0 Å². The van der Waals surface area contributed by atoms with Crippen LogP contribution >= 0.6 is 11.6 Å². The van der Waals surface area contributed by atoms with Gasteiger partial charge in [0.1, 0.15) is 0 Å². The molecule has 2 atom stereocenters. The summed E-state index contributed by atoms with van der Waals surface area (Å²) in [5.74, 6) is 0.583. The first-order chi connectivity index (χ1) is 11.2. The predicted octanol–water partition coefficient (Wildman–Crippen LogP) is 3.95. The first-order valence-corrected chi connectivity index (χ1v) is 9.03. The van der Waals surface area contributed by atoms with Crippen molar-refractivity contribution in [2.24, 2.45) is 5.92 Å². The topological polar surface area (TPSA) is 32.3 Å². The third-order valence-corrected chi connectivity index (χ3v) is 5.10. The average molecular weight is 333 g/mol. The maximum Gasteiger partial charge on any atom is 0.220 e. The number of carbonyl (C=O) groups excluding carboxylic acids is 1. The van der Waals surface area contributed by atoms with Crippen LogP contribution in [-0.2, 0) is 4.79 Å². The zero-order valence-corrected chi connectivity index (χ0v) is 14.3. The molecule has 0 radical (unpaired) electrons. The van der Waals surface area contributed by atoms with E-state index in [1.165, 1.54) is 18.4 Å². The minimum Gasteiger partial charge on any atom is -0.354 e. The van der Waals surface area contributed by atoms with Gasteiger partial charge in [0.2, 0.25) is 5.91 Å². The standard InChI is InChI=1S/C19H25ClN2O/c20-17-9-5-8-16(13-17)18(22-10-3-4-11-22)14-21-19(23)12-15-6-1-2-7-15/h1,5-6,8-9,13,15,18H,2-4,7,10-12,14H2,(H,21,23)/t15-,18-/m1/s1. The number of likely N-dealkylation sites (tertiary alicyclic amines) is 1. The molecule has 0 unspecified atom stereocenters. The Morgan fingerprint density at radius 2 is 2.17 bits per heavy atom. The molecule has 1 amide bonds. The van der Waals surface area contributed by atoms with Gasteiger partial charge >= 0.3 is 0 Å². The van der Waals surface area contributed by atoms with Crippen molar-refractivity contribution < 1.29 is 4.79 Å². The Kier molecular flexibility index (Phi) is 5.74. The van der Waals surface area contributed by atoms with Crippen LogP contribution in [0, 0.1) is 5.92 Å². The van der Waals surface area contributed by atoms with Crippen LogP contribution in [0.1, 0.15) is 43.7 Å². The summed E-state index contributed by atoms with van der Waals surface area (Å²) in [7, 11) is 0. The minimum atomic E-state index is 0.160. The normalized spacial score (nSPS) is 22.4. The summed E-state index contributed by atoms with van der Waals surface area (Å²) in [6, 6.07) is 8.25. The zero-order valence-electron chi connectivity index (χ0n) is 13.5. The van der Waals surface area contributed by atoms with E-state index in [9.17, 15) is 4.79 Å². The number of halogens is 1. The Labute approximate surface area is 143 Å². The lowest BCUT2D eigenvalue weighted by Gasteiger charge is -2.28. The van der Waals surface area contributed by atoms with Gasteiger partial charge in [-0.1, -0.05) is 35.9 Å². The third kappa shape index (κ3) is 4.58. The first kappa shape index (κ1) is 16.5. The Hall–Kier alpha value is -1.32. The molecule has 3 nitrogen and oxygen atoms in total. The van der Waals surface area contributed by atoms with Crippen molar-refractivity contribution in [1.82, 2.24) is 10.2 Å². The van der Waals surface area contributed by atoms with E-state index >= 15 is 0 Å². The van der Waals surface area contributed by atoms with Crippen molar-refractivity contribution >= 4 is 17.5 Å². The quantitative estimate of drug-likeness (QED) is 0.800. The second-order valence-electron chi connectivity index (χ2n) is 6.59. The zero-order chi connectivity index (χ0) is 16.1. The van der Waals surface area contributed by atoms with Crippen LogP contribution in [0.15, 0.2) is 36.4 Å². The van der Waals surface area contributed by atoms with Gasteiger partial charge in [0, 0.05) is 18.0 Å². The van der Waals surface area contributed by atoms with Crippen LogP contribution in [-0.4, -0.2) is 30.4 Å². The van der Waals surface area contributed by atoms with E-state index in [1.54, 1.807) is 0 Å². The fraction of sp³-hybridized carbons (Fsp3) is 0.526. The molecule has 2 aliphatic rings. The van der Waals surface area contributed by atoms with Gasteiger partial charge < -0.3 is 5.32 Å². The van der Waals surface area contributed by atoms with Crippen LogP contribution < -0.4 is 5.32 Å². The molecule has 1 aliphatic carbocycles. The lowest BCUT2D eigenvalue weighted by molar-refractivity contribution is -0.121. The minimum absolute atomic E-state index is 0.160. The maximum absolute atomic E-state index is 12.2. The van der Waals surface area contributed by atoms with E-state index in [0.717, 1.165) is 31.0 Å². The predicted molar refractivity (Wildman–Crippen MR) is 94.5 cm³/mol. The molecule has 23 heavy (non-hydrogen) atoms. The molecule has 124 valence electrons. The molecule has 0 bridgehead atoms. The SMILES string of the molecule is O=C(C[C@@H]1C=CCC1)NC[C@H](c1cccc(Cl)c1)N1CCCC1. The van der Waals surface area contributed by atoms with Gasteiger partial charge in [-0.3, -0.25) is 9.69 Å². The molecule has 3 rings (SSSR count). The third-order valence-electron chi connectivity index (χ3n) is 4.87. The fourth-order valence-electron chi connectivity index (χ4n) is 3.61. The highest BCUT2D eigenvalue weighted by molar-refractivity contribution is 6.30. The Morgan fingerprint density at radius 1 is 1.35 bits per heavy atom. The molecule has 1 aromatic rings. The first-order valence-electron chi connectivity index (χ1n) is 8.65. The van der Waals surface area contributed by atoms with Crippen LogP contribution in [0.2, 0.25) is 5.02 Å². The summed E-state index contributed by atoms with van der Waals surface area (Å²) in [4.78, 5) is 14.7. The second kappa shape index (κ2) is 7.98. The van der Waals surface area contributed by atoms with E-state index in [0.29, 0.717) is 18.9 Å². The molecule has 0 aromatic heterocycles.